The van der Waals surface area contributed by atoms with E-state index in [1.165, 1.54) is 18.2 Å². The van der Waals surface area contributed by atoms with Gasteiger partial charge < -0.3 is 10.8 Å². The molecule has 4 N–H and O–H groups in total. The molecule has 0 fully saturated rings. The molecule has 0 spiro atoms. The smallest absolute Gasteiger partial charge is 0.240 e. The van der Waals surface area contributed by atoms with E-state index in [1.807, 2.05) is 6.92 Å². The number of benzene rings is 1. The second-order valence-electron chi connectivity index (χ2n) is 4.75. The van der Waals surface area contributed by atoms with Gasteiger partial charge in [0.1, 0.15) is 0 Å². The molecule has 1 aromatic rings. The van der Waals surface area contributed by atoms with Gasteiger partial charge in [0.2, 0.25) is 10.0 Å². The Hall–Kier alpha value is -0.820. The largest absolute Gasteiger partial charge is 0.397 e. The molecule has 0 radical (unpaired) electrons. The molecule has 0 amide bonds. The van der Waals surface area contributed by atoms with Gasteiger partial charge in [-0.2, -0.15) is 0 Å². The molecule has 0 saturated heterocycles. The molecule has 0 aromatic heterocycles. The highest BCUT2D eigenvalue weighted by Crippen LogP contribution is 2.22. The van der Waals surface area contributed by atoms with Crippen LogP contribution < -0.4 is 10.5 Å². The zero-order valence-electron chi connectivity index (χ0n) is 11.0. The minimum absolute atomic E-state index is 0.0294. The number of hydrogen-bond acceptors (Lipinski definition) is 4. The lowest BCUT2D eigenvalue weighted by atomic mass is 10.0. The van der Waals surface area contributed by atoms with Crippen LogP contribution in [-0.2, 0) is 10.0 Å². The summed E-state index contributed by atoms with van der Waals surface area (Å²) >= 11 is 5.74. The number of rotatable bonds is 6. The van der Waals surface area contributed by atoms with Crippen LogP contribution in [0.25, 0.3) is 0 Å². The molecule has 108 valence electrons. The average molecular weight is 307 g/mol. The summed E-state index contributed by atoms with van der Waals surface area (Å²) in [6.45, 7) is 3.46. The first-order valence-corrected chi connectivity index (χ1v) is 7.81. The lowest BCUT2D eigenvalue weighted by molar-refractivity contribution is 0.0554. The molecule has 0 aliphatic heterocycles. The fourth-order valence-electron chi connectivity index (χ4n) is 1.65. The number of aliphatic hydroxyl groups is 1. The van der Waals surface area contributed by atoms with Gasteiger partial charge >= 0.3 is 0 Å². The monoisotopic (exact) mass is 306 g/mol. The number of sulfonamides is 1. The van der Waals surface area contributed by atoms with Crippen molar-refractivity contribution in [2.75, 3.05) is 12.3 Å². The number of nitrogen functional groups attached to an aromatic ring is 1. The summed E-state index contributed by atoms with van der Waals surface area (Å²) in [5.74, 6) is 0. The summed E-state index contributed by atoms with van der Waals surface area (Å²) in [6, 6.07) is 4.09. The van der Waals surface area contributed by atoms with E-state index in [1.54, 1.807) is 6.92 Å². The average Bonchev–Trinajstić information content (AvgIpc) is 2.30. The van der Waals surface area contributed by atoms with Crippen LogP contribution in [0.15, 0.2) is 23.1 Å². The maximum absolute atomic E-state index is 12.0. The van der Waals surface area contributed by atoms with E-state index in [4.69, 9.17) is 17.3 Å². The molecule has 1 atom stereocenters. The number of anilines is 1. The molecular formula is C12H19ClN2O3S. The van der Waals surface area contributed by atoms with Gasteiger partial charge in [-0.1, -0.05) is 24.9 Å². The minimum Gasteiger partial charge on any atom is -0.397 e. The minimum atomic E-state index is -3.70. The van der Waals surface area contributed by atoms with Gasteiger partial charge in [-0.25, -0.2) is 13.1 Å². The standard InChI is InChI=1S/C12H19ClN2O3S/c1-3-6-12(2,16)8-15-19(17,18)9-4-5-10(13)11(14)7-9/h4-5,7,15-16H,3,6,8,14H2,1-2H3. The predicted octanol–water partition coefficient (Wildman–Crippen LogP) is 1.75. The Morgan fingerprint density at radius 2 is 2.11 bits per heavy atom. The van der Waals surface area contributed by atoms with E-state index in [9.17, 15) is 13.5 Å². The molecule has 1 aromatic carbocycles. The van der Waals surface area contributed by atoms with E-state index in [2.05, 4.69) is 4.72 Å². The summed E-state index contributed by atoms with van der Waals surface area (Å²) in [4.78, 5) is 0.0294. The topological polar surface area (TPSA) is 92.4 Å². The van der Waals surface area contributed by atoms with Crippen LogP contribution in [0.1, 0.15) is 26.7 Å². The first-order chi connectivity index (χ1) is 8.68. The van der Waals surface area contributed by atoms with Crippen LogP contribution in [0.2, 0.25) is 5.02 Å². The van der Waals surface area contributed by atoms with Crippen molar-refractivity contribution < 1.29 is 13.5 Å². The van der Waals surface area contributed by atoms with Crippen molar-refractivity contribution >= 4 is 27.3 Å². The summed E-state index contributed by atoms with van der Waals surface area (Å²) in [7, 11) is -3.70. The molecule has 0 aliphatic rings. The number of nitrogens with one attached hydrogen (secondary N) is 1. The first-order valence-electron chi connectivity index (χ1n) is 5.95. The second-order valence-corrected chi connectivity index (χ2v) is 6.93. The highest BCUT2D eigenvalue weighted by atomic mass is 35.5. The first kappa shape index (κ1) is 16.2. The van der Waals surface area contributed by atoms with E-state index in [-0.39, 0.29) is 17.1 Å². The molecule has 0 aliphatic carbocycles. The Bertz CT molecular complexity index is 544. The van der Waals surface area contributed by atoms with Gasteiger partial charge in [0.15, 0.2) is 0 Å². The van der Waals surface area contributed by atoms with Crippen LogP contribution in [0.5, 0.6) is 0 Å². The van der Waals surface area contributed by atoms with Crippen molar-refractivity contribution in [3.05, 3.63) is 23.2 Å². The quantitative estimate of drug-likeness (QED) is 0.698. The molecule has 7 heteroatoms. The van der Waals surface area contributed by atoms with Crippen LogP contribution >= 0.6 is 11.6 Å². The molecular weight excluding hydrogens is 288 g/mol. The Balaban J connectivity index is 2.84. The highest BCUT2D eigenvalue weighted by Gasteiger charge is 2.23. The van der Waals surface area contributed by atoms with Crippen molar-refractivity contribution in [2.24, 2.45) is 0 Å². The third-order valence-corrected chi connectivity index (χ3v) is 4.45. The highest BCUT2D eigenvalue weighted by molar-refractivity contribution is 7.89. The fraction of sp³-hybridized carbons (Fsp3) is 0.500. The fourth-order valence-corrected chi connectivity index (χ4v) is 2.96. The van der Waals surface area contributed by atoms with Crippen LogP contribution in [0, 0.1) is 0 Å². The van der Waals surface area contributed by atoms with Gasteiger partial charge in [0.05, 0.1) is 21.2 Å². The SMILES string of the molecule is CCCC(C)(O)CNS(=O)(=O)c1ccc(Cl)c(N)c1. The maximum atomic E-state index is 12.0. The number of hydrogen-bond donors (Lipinski definition) is 3. The van der Waals surface area contributed by atoms with Gasteiger partial charge in [-0.15, -0.1) is 0 Å². The molecule has 1 unspecified atom stereocenters. The Morgan fingerprint density at radius 3 is 2.63 bits per heavy atom. The summed E-state index contributed by atoms with van der Waals surface area (Å²) < 4.78 is 26.4. The van der Waals surface area contributed by atoms with Crippen molar-refractivity contribution in [2.45, 2.75) is 37.2 Å². The Morgan fingerprint density at radius 1 is 1.47 bits per heavy atom. The molecule has 0 bridgehead atoms. The summed E-state index contributed by atoms with van der Waals surface area (Å²) in [5, 5.41) is 10.3. The number of nitrogens with two attached hydrogens (primary N) is 1. The molecule has 0 saturated carbocycles. The van der Waals surface area contributed by atoms with Crippen LogP contribution in [0.4, 0.5) is 5.69 Å². The zero-order valence-corrected chi connectivity index (χ0v) is 12.6. The van der Waals surface area contributed by atoms with Crippen molar-refractivity contribution in [1.29, 1.82) is 0 Å². The lowest BCUT2D eigenvalue weighted by Gasteiger charge is -2.22. The predicted molar refractivity (Wildman–Crippen MR) is 76.6 cm³/mol. The Kier molecular flexibility index (Phi) is 5.20. The van der Waals surface area contributed by atoms with Gasteiger partial charge in [0.25, 0.3) is 0 Å². The summed E-state index contributed by atoms with van der Waals surface area (Å²) in [5.41, 5.74) is 4.70. The van der Waals surface area contributed by atoms with Gasteiger partial charge in [0, 0.05) is 6.54 Å². The van der Waals surface area contributed by atoms with E-state index in [0.717, 1.165) is 6.42 Å². The van der Waals surface area contributed by atoms with Crippen molar-refractivity contribution in [3.8, 4) is 0 Å². The van der Waals surface area contributed by atoms with E-state index in [0.29, 0.717) is 11.4 Å². The molecule has 5 nitrogen and oxygen atoms in total. The van der Waals surface area contributed by atoms with Gasteiger partial charge in [-0.05, 0) is 31.5 Å². The lowest BCUT2D eigenvalue weighted by Crippen LogP contribution is -2.40. The summed E-state index contributed by atoms with van der Waals surface area (Å²) in [6.07, 6.45) is 1.28. The normalized spacial score (nSPS) is 15.2. The van der Waals surface area contributed by atoms with Crippen molar-refractivity contribution in [3.63, 3.8) is 0 Å². The van der Waals surface area contributed by atoms with Gasteiger partial charge in [-0.3, -0.25) is 0 Å². The van der Waals surface area contributed by atoms with Crippen LogP contribution in [0.3, 0.4) is 0 Å². The number of halogens is 1. The third-order valence-electron chi connectivity index (χ3n) is 2.71. The maximum Gasteiger partial charge on any atom is 0.240 e. The van der Waals surface area contributed by atoms with E-state index < -0.39 is 15.6 Å². The van der Waals surface area contributed by atoms with Crippen molar-refractivity contribution in [1.82, 2.24) is 4.72 Å². The zero-order chi connectivity index (χ0) is 14.7. The van der Waals surface area contributed by atoms with Crippen LogP contribution in [-0.4, -0.2) is 25.7 Å². The second kappa shape index (κ2) is 6.09. The van der Waals surface area contributed by atoms with E-state index >= 15 is 0 Å². The Labute approximate surface area is 118 Å². The molecule has 19 heavy (non-hydrogen) atoms. The molecule has 0 heterocycles. The third kappa shape index (κ3) is 4.65. The molecule has 1 rings (SSSR count).